The van der Waals surface area contributed by atoms with E-state index in [4.69, 9.17) is 9.47 Å². The number of fused-ring (bicyclic) bond motifs is 3. The lowest BCUT2D eigenvalue weighted by molar-refractivity contribution is 0.0593. The smallest absolute Gasteiger partial charge is 0.329 e. The predicted octanol–water partition coefficient (Wildman–Crippen LogP) is 4.62. The highest BCUT2D eigenvalue weighted by Crippen LogP contribution is 2.32. The van der Waals surface area contributed by atoms with E-state index in [9.17, 15) is 9.18 Å². The summed E-state index contributed by atoms with van der Waals surface area (Å²) >= 11 is 0. The minimum Gasteiger partial charge on any atom is -0.478 e. The molecule has 7 nitrogen and oxygen atoms in total. The van der Waals surface area contributed by atoms with Crippen LogP contribution in [-0.2, 0) is 11.8 Å². The summed E-state index contributed by atoms with van der Waals surface area (Å²) in [5.41, 5.74) is 3.25. The molecule has 1 aliphatic rings. The summed E-state index contributed by atoms with van der Waals surface area (Å²) in [6, 6.07) is 8.91. The maximum absolute atomic E-state index is 14.9. The largest absolute Gasteiger partial charge is 0.478 e. The Morgan fingerprint density at radius 3 is 2.91 bits per heavy atom. The molecule has 0 aliphatic carbocycles. The van der Waals surface area contributed by atoms with E-state index in [1.165, 1.54) is 0 Å². The van der Waals surface area contributed by atoms with Gasteiger partial charge in [-0.25, -0.2) is 4.79 Å². The fourth-order valence-corrected chi connectivity index (χ4v) is 4.50. The van der Waals surface area contributed by atoms with E-state index in [1.54, 1.807) is 29.9 Å². The Labute approximate surface area is 190 Å². The van der Waals surface area contributed by atoms with Crippen LogP contribution in [0.2, 0.25) is 0 Å². The lowest BCUT2D eigenvalue weighted by Crippen LogP contribution is -2.31. The van der Waals surface area contributed by atoms with Gasteiger partial charge >= 0.3 is 5.69 Å². The number of imidazole rings is 1. The molecule has 0 bridgehead atoms. The first kappa shape index (κ1) is 21.6. The van der Waals surface area contributed by atoms with Gasteiger partial charge in [0.1, 0.15) is 0 Å². The Balaban J connectivity index is 1.63. The third-order valence-corrected chi connectivity index (χ3v) is 6.30. The fraction of sp³-hybridized carbons (Fsp3) is 0.400. The van der Waals surface area contributed by atoms with Gasteiger partial charge in [-0.2, -0.15) is 9.37 Å². The van der Waals surface area contributed by atoms with Crippen LogP contribution in [0.15, 0.2) is 41.3 Å². The molecule has 0 saturated carbocycles. The zero-order chi connectivity index (χ0) is 22.9. The Morgan fingerprint density at radius 1 is 1.27 bits per heavy atom. The number of nitrogens with zero attached hydrogens (tertiary/aromatic N) is 4. The van der Waals surface area contributed by atoms with Crippen molar-refractivity contribution in [1.29, 1.82) is 0 Å². The van der Waals surface area contributed by atoms with Crippen molar-refractivity contribution in [2.24, 2.45) is 7.05 Å². The second-order valence-electron chi connectivity index (χ2n) is 8.50. The zero-order valence-corrected chi connectivity index (χ0v) is 18.9. The molecule has 0 amide bonds. The van der Waals surface area contributed by atoms with E-state index in [-0.39, 0.29) is 17.6 Å². The van der Waals surface area contributed by atoms with E-state index in [1.807, 2.05) is 22.8 Å². The number of rotatable bonds is 6. The Bertz CT molecular complexity index is 1370. The molecule has 1 atom stereocenters. The first-order valence-electron chi connectivity index (χ1n) is 11.5. The molecule has 33 heavy (non-hydrogen) atoms. The number of hydrogen-bond donors (Lipinski definition) is 0. The molecule has 0 N–H and O–H groups in total. The van der Waals surface area contributed by atoms with E-state index in [0.29, 0.717) is 30.9 Å². The fourth-order valence-electron chi connectivity index (χ4n) is 4.50. The average Bonchev–Trinajstić information content (AvgIpc) is 3.10. The minimum atomic E-state index is -0.588. The van der Waals surface area contributed by atoms with Gasteiger partial charge < -0.3 is 9.47 Å². The van der Waals surface area contributed by atoms with Crippen molar-refractivity contribution >= 4 is 21.9 Å². The van der Waals surface area contributed by atoms with Crippen molar-refractivity contribution < 1.29 is 13.9 Å². The summed E-state index contributed by atoms with van der Waals surface area (Å²) < 4.78 is 29.5. The van der Waals surface area contributed by atoms with Crippen molar-refractivity contribution in [3.63, 3.8) is 0 Å². The van der Waals surface area contributed by atoms with Crippen molar-refractivity contribution in [1.82, 2.24) is 19.1 Å². The van der Waals surface area contributed by atoms with Crippen LogP contribution >= 0.6 is 0 Å². The van der Waals surface area contributed by atoms with Gasteiger partial charge in [0.05, 0.1) is 42.0 Å². The molecule has 172 valence electrons. The van der Waals surface area contributed by atoms with Crippen LogP contribution < -0.4 is 10.4 Å². The molecule has 5 rings (SSSR count). The highest BCUT2D eigenvalue weighted by Gasteiger charge is 2.24. The maximum Gasteiger partial charge on any atom is 0.329 e. The minimum absolute atomic E-state index is 0.0397. The molecule has 1 saturated heterocycles. The van der Waals surface area contributed by atoms with Crippen LogP contribution in [0, 0.1) is 5.95 Å². The van der Waals surface area contributed by atoms with E-state index >= 15 is 0 Å². The van der Waals surface area contributed by atoms with Crippen LogP contribution in [-0.4, -0.2) is 38.9 Å². The molecular formula is C25H27FN4O3. The summed E-state index contributed by atoms with van der Waals surface area (Å²) in [6.07, 6.45) is 5.40. The summed E-state index contributed by atoms with van der Waals surface area (Å²) in [4.78, 5) is 21.7. The van der Waals surface area contributed by atoms with Crippen LogP contribution in [0.5, 0.6) is 5.88 Å². The van der Waals surface area contributed by atoms with Crippen molar-refractivity contribution in [3.8, 4) is 17.0 Å². The van der Waals surface area contributed by atoms with Crippen LogP contribution in [0.25, 0.3) is 33.1 Å². The van der Waals surface area contributed by atoms with Gasteiger partial charge in [-0.05, 0) is 43.0 Å². The van der Waals surface area contributed by atoms with Gasteiger partial charge in [0.25, 0.3) is 0 Å². The molecule has 1 unspecified atom stereocenters. The molecule has 4 aromatic rings. The highest BCUT2D eigenvalue weighted by atomic mass is 19.1. The predicted molar refractivity (Wildman–Crippen MR) is 125 cm³/mol. The van der Waals surface area contributed by atoms with Crippen molar-refractivity contribution in [3.05, 3.63) is 53.0 Å². The molecule has 0 spiro atoms. The normalized spacial score (nSPS) is 16.5. The van der Waals surface area contributed by atoms with Crippen molar-refractivity contribution in [2.45, 2.75) is 38.6 Å². The number of unbranched alkanes of at least 4 members (excludes halogenated alkanes) is 1. The molecule has 1 fully saturated rings. The van der Waals surface area contributed by atoms with Gasteiger partial charge in [0.2, 0.25) is 11.8 Å². The lowest BCUT2D eigenvalue weighted by Gasteiger charge is -2.23. The van der Waals surface area contributed by atoms with Gasteiger partial charge in [0, 0.05) is 30.7 Å². The molecule has 0 radical (unpaired) electrons. The van der Waals surface area contributed by atoms with Crippen LogP contribution in [0.3, 0.4) is 0 Å². The maximum atomic E-state index is 14.9. The number of aromatic nitrogens is 4. The standard InChI is InChI=1S/C25H27FN4O3/c1-3-4-12-33-22-10-8-18(24(26)28-22)16-7-9-20-19(13-16)23-21(14-27-20)29(2)25(31)30(23)17-6-5-11-32-15-17/h7-10,13-14,17H,3-6,11-12,15H2,1-2H3. The second kappa shape index (κ2) is 8.94. The van der Waals surface area contributed by atoms with Crippen LogP contribution in [0.1, 0.15) is 38.6 Å². The quantitative estimate of drug-likeness (QED) is 0.317. The molecular weight excluding hydrogens is 423 g/mol. The lowest BCUT2D eigenvalue weighted by atomic mass is 10.0. The number of pyridine rings is 2. The summed E-state index contributed by atoms with van der Waals surface area (Å²) in [5.74, 6) is -0.307. The van der Waals surface area contributed by atoms with E-state index < -0.39 is 5.95 Å². The van der Waals surface area contributed by atoms with Gasteiger partial charge in [0.15, 0.2) is 0 Å². The molecule has 8 heteroatoms. The van der Waals surface area contributed by atoms with Gasteiger partial charge in [-0.15, -0.1) is 0 Å². The van der Waals surface area contributed by atoms with Crippen LogP contribution in [0.4, 0.5) is 4.39 Å². The Hall–Kier alpha value is -3.26. The van der Waals surface area contributed by atoms with Gasteiger partial charge in [-0.3, -0.25) is 14.1 Å². The number of ether oxygens (including phenoxy) is 2. The number of halogens is 1. The van der Waals surface area contributed by atoms with Gasteiger partial charge in [-0.1, -0.05) is 19.4 Å². The Morgan fingerprint density at radius 2 is 2.15 bits per heavy atom. The molecule has 3 aromatic heterocycles. The number of hydrogen-bond acceptors (Lipinski definition) is 5. The van der Waals surface area contributed by atoms with E-state index in [0.717, 1.165) is 47.6 Å². The summed E-state index contributed by atoms with van der Waals surface area (Å²) in [6.45, 7) is 3.80. The summed E-state index contributed by atoms with van der Waals surface area (Å²) in [5, 5.41) is 0.802. The summed E-state index contributed by atoms with van der Waals surface area (Å²) in [7, 11) is 1.75. The zero-order valence-electron chi connectivity index (χ0n) is 18.9. The average molecular weight is 451 g/mol. The molecule has 4 heterocycles. The van der Waals surface area contributed by atoms with Crippen molar-refractivity contribution in [2.75, 3.05) is 19.8 Å². The first-order chi connectivity index (χ1) is 16.1. The number of benzene rings is 1. The number of aryl methyl sites for hydroxylation is 1. The second-order valence-corrected chi connectivity index (χ2v) is 8.50. The van der Waals surface area contributed by atoms with E-state index in [2.05, 4.69) is 16.9 Å². The molecule has 1 aliphatic heterocycles. The Kier molecular flexibility index (Phi) is 5.85. The molecule has 1 aromatic carbocycles. The monoisotopic (exact) mass is 450 g/mol. The SMILES string of the molecule is CCCCOc1ccc(-c2ccc3ncc4c(c3c2)n(C2CCCOC2)c(=O)n4C)c(F)n1. The highest BCUT2D eigenvalue weighted by molar-refractivity contribution is 6.04. The topological polar surface area (TPSA) is 71.2 Å². The third kappa shape index (κ3) is 3.88. The first-order valence-corrected chi connectivity index (χ1v) is 11.5. The third-order valence-electron chi connectivity index (χ3n) is 6.30.